The highest BCUT2D eigenvalue weighted by molar-refractivity contribution is 6.05. The van der Waals surface area contributed by atoms with Crippen LogP contribution in [-0.4, -0.2) is 34.7 Å². The van der Waals surface area contributed by atoms with Gasteiger partial charge in [-0.15, -0.1) is 0 Å². The van der Waals surface area contributed by atoms with Gasteiger partial charge in [-0.25, -0.2) is 4.39 Å². The number of ketones is 1. The van der Waals surface area contributed by atoms with E-state index < -0.39 is 17.6 Å². The van der Waals surface area contributed by atoms with Crippen LogP contribution >= 0.6 is 0 Å². The van der Waals surface area contributed by atoms with Gasteiger partial charge in [-0.2, -0.15) is 5.10 Å². The number of carbonyl (C=O) groups excluding carboxylic acids is 2. The number of ether oxygens (including phenoxy) is 2. The molecule has 0 N–H and O–H groups in total. The minimum Gasteiger partial charge on any atom is -0.489 e. The summed E-state index contributed by atoms with van der Waals surface area (Å²) < 4.78 is 25.5. The highest BCUT2D eigenvalue weighted by atomic mass is 19.1. The zero-order valence-corrected chi connectivity index (χ0v) is 14.8. The minimum absolute atomic E-state index is 0.166. The molecule has 26 heavy (non-hydrogen) atoms. The van der Waals surface area contributed by atoms with Crippen molar-refractivity contribution in [2.45, 2.75) is 19.8 Å². The van der Waals surface area contributed by atoms with E-state index in [4.69, 9.17) is 9.47 Å². The van der Waals surface area contributed by atoms with E-state index in [-0.39, 0.29) is 31.7 Å². The van der Waals surface area contributed by atoms with Gasteiger partial charge in [-0.3, -0.25) is 14.3 Å². The zero-order chi connectivity index (χ0) is 19.1. The molecule has 1 aromatic heterocycles. The van der Waals surface area contributed by atoms with Gasteiger partial charge in [0, 0.05) is 30.8 Å². The fraction of sp³-hybridized carbons (Fsp3) is 0.316. The predicted molar refractivity (Wildman–Crippen MR) is 93.7 cm³/mol. The fourth-order valence-electron chi connectivity index (χ4n) is 2.51. The first-order valence-electron chi connectivity index (χ1n) is 8.18. The summed E-state index contributed by atoms with van der Waals surface area (Å²) in [5, 5.41) is 4.14. The lowest BCUT2D eigenvalue weighted by atomic mass is 10.0. The number of hydrogen-bond donors (Lipinski definition) is 0. The Hall–Kier alpha value is -2.96. The molecule has 1 heterocycles. The number of esters is 1. The number of rotatable bonds is 9. The minimum atomic E-state index is -0.602. The molecule has 0 bridgehead atoms. The average molecular weight is 360 g/mol. The summed E-state index contributed by atoms with van der Waals surface area (Å²) in [6, 6.07) is 4.19. The monoisotopic (exact) mass is 360 g/mol. The summed E-state index contributed by atoms with van der Waals surface area (Å²) in [5.74, 6) is -0.952. The van der Waals surface area contributed by atoms with Gasteiger partial charge in [-0.05, 0) is 25.1 Å². The number of halogens is 1. The van der Waals surface area contributed by atoms with Crippen LogP contribution in [0.4, 0.5) is 4.39 Å². The molecule has 0 fully saturated rings. The van der Waals surface area contributed by atoms with Crippen molar-refractivity contribution in [3.63, 3.8) is 0 Å². The first-order chi connectivity index (χ1) is 12.4. The van der Waals surface area contributed by atoms with Gasteiger partial charge in [0.2, 0.25) is 0 Å². The van der Waals surface area contributed by atoms with E-state index in [1.165, 1.54) is 22.9 Å². The van der Waals surface area contributed by atoms with E-state index in [0.29, 0.717) is 16.9 Å². The van der Waals surface area contributed by atoms with Crippen molar-refractivity contribution in [2.24, 2.45) is 7.05 Å². The van der Waals surface area contributed by atoms with Crippen LogP contribution in [0.1, 0.15) is 35.0 Å². The number of nitrogens with zero attached hydrogens (tertiary/aromatic N) is 2. The third-order valence-electron chi connectivity index (χ3n) is 3.54. The summed E-state index contributed by atoms with van der Waals surface area (Å²) in [6.45, 7) is 5.74. The van der Waals surface area contributed by atoms with E-state index in [2.05, 4.69) is 11.7 Å². The number of aryl methyl sites for hydroxylation is 1. The van der Waals surface area contributed by atoms with Crippen molar-refractivity contribution in [2.75, 3.05) is 13.2 Å². The standard InChI is InChI=1S/C19H21FN2O4/c1-4-8-26-17-7-6-15(20)10-13(17)9-14-12-22(3)21-19(14)16(23)11-18(24)25-5-2/h4,6-7,10,12H,1,5,8-9,11H2,2-3H3. The molecule has 0 radical (unpaired) electrons. The summed E-state index contributed by atoms with van der Waals surface area (Å²) in [7, 11) is 1.67. The topological polar surface area (TPSA) is 70.4 Å². The Bertz CT molecular complexity index is 814. The lowest BCUT2D eigenvalue weighted by molar-refractivity contribution is -0.141. The molecule has 0 aliphatic carbocycles. The number of aromatic nitrogens is 2. The number of carbonyl (C=O) groups is 2. The van der Waals surface area contributed by atoms with Crippen molar-refractivity contribution >= 4 is 11.8 Å². The molecule has 1 aromatic carbocycles. The molecule has 0 amide bonds. The molecule has 0 aliphatic heterocycles. The molecule has 7 heteroatoms. The van der Waals surface area contributed by atoms with E-state index >= 15 is 0 Å². The van der Waals surface area contributed by atoms with E-state index in [9.17, 15) is 14.0 Å². The molecular formula is C19H21FN2O4. The van der Waals surface area contributed by atoms with Crippen molar-refractivity contribution in [3.05, 3.63) is 59.7 Å². The van der Waals surface area contributed by atoms with Crippen LogP contribution in [0.5, 0.6) is 5.75 Å². The van der Waals surface area contributed by atoms with Gasteiger partial charge in [0.05, 0.1) is 6.61 Å². The van der Waals surface area contributed by atoms with Crippen LogP contribution in [0, 0.1) is 5.82 Å². The Morgan fingerprint density at radius 3 is 2.81 bits per heavy atom. The highest BCUT2D eigenvalue weighted by Gasteiger charge is 2.21. The maximum atomic E-state index is 13.7. The predicted octanol–water partition coefficient (Wildman–Crippen LogP) is 2.85. The largest absolute Gasteiger partial charge is 0.489 e. The molecule has 0 unspecified atom stereocenters. The Labute approximate surface area is 151 Å². The lowest BCUT2D eigenvalue weighted by Crippen LogP contribution is -2.13. The molecule has 0 saturated heterocycles. The van der Waals surface area contributed by atoms with Crippen LogP contribution in [0.25, 0.3) is 0 Å². The number of hydrogen-bond acceptors (Lipinski definition) is 5. The maximum absolute atomic E-state index is 13.7. The first-order valence-corrected chi connectivity index (χ1v) is 8.18. The second-order valence-electron chi connectivity index (χ2n) is 5.61. The molecular weight excluding hydrogens is 339 g/mol. The summed E-state index contributed by atoms with van der Waals surface area (Å²) in [6.07, 6.45) is 3.11. The van der Waals surface area contributed by atoms with Crippen molar-refractivity contribution < 1.29 is 23.5 Å². The van der Waals surface area contributed by atoms with Gasteiger partial charge >= 0.3 is 5.97 Å². The van der Waals surface area contributed by atoms with Crippen LogP contribution in [-0.2, 0) is 23.0 Å². The van der Waals surface area contributed by atoms with Crippen molar-refractivity contribution in [1.82, 2.24) is 9.78 Å². The van der Waals surface area contributed by atoms with E-state index in [0.717, 1.165) is 0 Å². The summed E-state index contributed by atoms with van der Waals surface area (Å²) in [5.41, 5.74) is 1.32. The zero-order valence-electron chi connectivity index (χ0n) is 14.8. The SMILES string of the molecule is C=CCOc1ccc(F)cc1Cc1cn(C)nc1C(=O)CC(=O)OCC. The quantitative estimate of drug-likeness (QED) is 0.298. The van der Waals surface area contributed by atoms with Gasteiger partial charge < -0.3 is 9.47 Å². The molecule has 2 rings (SSSR count). The first kappa shape index (κ1) is 19.4. The molecule has 0 atom stereocenters. The number of Topliss-reactive ketones (excluding diaryl/α,β-unsaturated/α-hetero) is 1. The van der Waals surface area contributed by atoms with Crippen LogP contribution in [0.3, 0.4) is 0 Å². The molecule has 0 saturated carbocycles. The fourth-order valence-corrected chi connectivity index (χ4v) is 2.51. The van der Waals surface area contributed by atoms with Crippen molar-refractivity contribution in [1.29, 1.82) is 0 Å². The van der Waals surface area contributed by atoms with Gasteiger partial charge in [-0.1, -0.05) is 12.7 Å². The van der Waals surface area contributed by atoms with E-state index in [1.54, 1.807) is 26.2 Å². The molecule has 6 nitrogen and oxygen atoms in total. The van der Waals surface area contributed by atoms with Gasteiger partial charge in [0.1, 0.15) is 30.3 Å². The summed E-state index contributed by atoms with van der Waals surface area (Å²) in [4.78, 5) is 23.9. The van der Waals surface area contributed by atoms with Crippen LogP contribution in [0.15, 0.2) is 37.1 Å². The molecule has 2 aromatic rings. The Balaban J connectivity index is 2.28. The molecule has 0 spiro atoms. The highest BCUT2D eigenvalue weighted by Crippen LogP contribution is 2.24. The molecule has 138 valence electrons. The Morgan fingerprint density at radius 1 is 1.35 bits per heavy atom. The van der Waals surface area contributed by atoms with Crippen LogP contribution < -0.4 is 4.74 Å². The van der Waals surface area contributed by atoms with E-state index in [1.807, 2.05) is 0 Å². The van der Waals surface area contributed by atoms with Crippen LogP contribution in [0.2, 0.25) is 0 Å². The van der Waals surface area contributed by atoms with Crippen molar-refractivity contribution in [3.8, 4) is 5.75 Å². The normalized spacial score (nSPS) is 10.4. The molecule has 0 aliphatic rings. The van der Waals surface area contributed by atoms with Gasteiger partial charge in [0.25, 0.3) is 0 Å². The number of benzene rings is 1. The lowest BCUT2D eigenvalue weighted by Gasteiger charge is -2.10. The second-order valence-corrected chi connectivity index (χ2v) is 5.61. The van der Waals surface area contributed by atoms with Gasteiger partial charge in [0.15, 0.2) is 5.78 Å². The Morgan fingerprint density at radius 2 is 2.12 bits per heavy atom. The maximum Gasteiger partial charge on any atom is 0.313 e. The second kappa shape index (κ2) is 8.94. The smallest absolute Gasteiger partial charge is 0.313 e. The Kier molecular flexibility index (Phi) is 6.66. The average Bonchev–Trinajstić information content (AvgIpc) is 2.95. The third kappa shape index (κ3) is 5.02. The third-order valence-corrected chi connectivity index (χ3v) is 3.54. The summed E-state index contributed by atoms with van der Waals surface area (Å²) >= 11 is 0.